The fourth-order valence-electron chi connectivity index (χ4n) is 1.72. The standard InChI is InChI=1S/C12H22N2O4S/c1-12(2)3-5-14(6-8-19-12)11(17)13-4-7-18-9-10(15)16/h3-9H2,1-2H3,(H,13,17)(H,15,16). The van der Waals surface area contributed by atoms with E-state index >= 15 is 0 Å². The van der Waals surface area contributed by atoms with Gasteiger partial charge in [0, 0.05) is 30.1 Å². The largest absolute Gasteiger partial charge is 0.480 e. The minimum Gasteiger partial charge on any atom is -0.480 e. The predicted octanol–water partition coefficient (Wildman–Crippen LogP) is 1.01. The van der Waals surface area contributed by atoms with Crippen LogP contribution in [0.2, 0.25) is 0 Å². The Hall–Kier alpha value is -0.950. The first-order chi connectivity index (χ1) is 8.91. The summed E-state index contributed by atoms with van der Waals surface area (Å²) < 4.78 is 5.08. The molecule has 6 nitrogen and oxygen atoms in total. The van der Waals surface area contributed by atoms with Crippen molar-refractivity contribution in [3.05, 3.63) is 0 Å². The highest BCUT2D eigenvalue weighted by Crippen LogP contribution is 2.30. The minimum atomic E-state index is -1.00. The van der Waals surface area contributed by atoms with Crippen LogP contribution in [0.25, 0.3) is 0 Å². The van der Waals surface area contributed by atoms with Crippen molar-refractivity contribution in [3.63, 3.8) is 0 Å². The number of carbonyl (C=O) groups excluding carboxylic acids is 1. The van der Waals surface area contributed by atoms with Crippen LogP contribution >= 0.6 is 11.8 Å². The number of carboxylic acids is 1. The minimum absolute atomic E-state index is 0.0998. The van der Waals surface area contributed by atoms with Crippen LogP contribution in [0.3, 0.4) is 0 Å². The molecule has 2 N–H and O–H groups in total. The summed E-state index contributed by atoms with van der Waals surface area (Å²) in [4.78, 5) is 23.9. The Bertz CT molecular complexity index is 323. The Kier molecular flexibility index (Phi) is 6.44. The molecule has 2 amide bonds. The van der Waals surface area contributed by atoms with Gasteiger partial charge in [-0.15, -0.1) is 0 Å². The third kappa shape index (κ3) is 6.68. The van der Waals surface area contributed by atoms with Gasteiger partial charge in [-0.2, -0.15) is 11.8 Å². The molecule has 0 aromatic carbocycles. The lowest BCUT2D eigenvalue weighted by Gasteiger charge is -2.22. The first kappa shape index (κ1) is 16.1. The Morgan fingerprint density at radius 2 is 2.16 bits per heavy atom. The quantitative estimate of drug-likeness (QED) is 0.739. The first-order valence-corrected chi connectivity index (χ1v) is 7.35. The van der Waals surface area contributed by atoms with Crippen LogP contribution in [0.1, 0.15) is 20.3 Å². The number of urea groups is 1. The Morgan fingerprint density at radius 1 is 1.42 bits per heavy atom. The van der Waals surface area contributed by atoms with E-state index in [0.717, 1.165) is 25.3 Å². The van der Waals surface area contributed by atoms with Gasteiger partial charge in [0.15, 0.2) is 0 Å². The van der Waals surface area contributed by atoms with Gasteiger partial charge in [-0.1, -0.05) is 13.8 Å². The highest BCUT2D eigenvalue weighted by Gasteiger charge is 2.25. The lowest BCUT2D eigenvalue weighted by Crippen LogP contribution is -2.42. The van der Waals surface area contributed by atoms with E-state index in [9.17, 15) is 9.59 Å². The highest BCUT2D eigenvalue weighted by molar-refractivity contribution is 8.00. The van der Waals surface area contributed by atoms with E-state index in [1.165, 1.54) is 0 Å². The summed E-state index contributed by atoms with van der Waals surface area (Å²) in [6.45, 7) is 6.10. The van der Waals surface area contributed by atoms with Crippen LogP contribution in [-0.2, 0) is 9.53 Å². The SMILES string of the molecule is CC1(C)CCN(C(=O)NCCOCC(=O)O)CCS1. The molecule has 0 unspecified atom stereocenters. The number of nitrogens with zero attached hydrogens (tertiary/aromatic N) is 1. The molecule has 0 aromatic heterocycles. The van der Waals surface area contributed by atoms with E-state index in [4.69, 9.17) is 9.84 Å². The maximum Gasteiger partial charge on any atom is 0.329 e. The number of ether oxygens (including phenoxy) is 1. The molecule has 0 radical (unpaired) electrons. The van der Waals surface area contributed by atoms with Gasteiger partial charge in [-0.3, -0.25) is 0 Å². The third-order valence-electron chi connectivity index (χ3n) is 2.87. The van der Waals surface area contributed by atoms with Crippen molar-refractivity contribution in [1.29, 1.82) is 0 Å². The van der Waals surface area contributed by atoms with Crippen molar-refractivity contribution in [1.82, 2.24) is 10.2 Å². The molecule has 1 aliphatic heterocycles. The van der Waals surface area contributed by atoms with Crippen LogP contribution < -0.4 is 5.32 Å². The molecule has 19 heavy (non-hydrogen) atoms. The summed E-state index contributed by atoms with van der Waals surface area (Å²) >= 11 is 1.89. The van der Waals surface area contributed by atoms with Crippen LogP contribution in [0.4, 0.5) is 4.79 Å². The fraction of sp³-hybridized carbons (Fsp3) is 0.833. The summed E-state index contributed by atoms with van der Waals surface area (Å²) in [6.07, 6.45) is 0.973. The zero-order valence-corrected chi connectivity index (χ0v) is 12.3. The summed E-state index contributed by atoms with van der Waals surface area (Å²) in [5.74, 6) is -0.0613. The molecule has 7 heteroatoms. The van der Waals surface area contributed by atoms with Crippen molar-refractivity contribution in [2.75, 3.05) is 38.6 Å². The molecule has 0 bridgehead atoms. The molecule has 1 rings (SSSR count). The lowest BCUT2D eigenvalue weighted by molar-refractivity contribution is -0.142. The molecule has 1 saturated heterocycles. The van der Waals surface area contributed by atoms with Gasteiger partial charge >= 0.3 is 12.0 Å². The van der Waals surface area contributed by atoms with E-state index in [-0.39, 0.29) is 24.0 Å². The summed E-state index contributed by atoms with van der Waals surface area (Å²) in [5, 5.41) is 11.1. The molecule has 0 spiro atoms. The number of carbonyl (C=O) groups is 2. The van der Waals surface area contributed by atoms with E-state index in [1.807, 2.05) is 11.8 Å². The normalized spacial score (nSPS) is 18.7. The van der Waals surface area contributed by atoms with E-state index in [0.29, 0.717) is 6.54 Å². The Labute approximate surface area is 117 Å². The highest BCUT2D eigenvalue weighted by atomic mass is 32.2. The van der Waals surface area contributed by atoms with Gasteiger partial charge in [0.2, 0.25) is 0 Å². The topological polar surface area (TPSA) is 78.9 Å². The average molecular weight is 290 g/mol. The number of hydrogen-bond donors (Lipinski definition) is 2. The molecule has 0 aliphatic carbocycles. The number of aliphatic carboxylic acids is 1. The number of rotatable bonds is 5. The summed E-state index contributed by atoms with van der Waals surface area (Å²) in [5.41, 5.74) is 0. The van der Waals surface area contributed by atoms with Gasteiger partial charge < -0.3 is 20.1 Å². The number of hydrogen-bond acceptors (Lipinski definition) is 4. The molecule has 1 heterocycles. The molecule has 0 saturated carbocycles. The van der Waals surface area contributed by atoms with Gasteiger partial charge in [0.05, 0.1) is 6.61 Å². The molecule has 1 aliphatic rings. The summed E-state index contributed by atoms with van der Waals surface area (Å²) in [7, 11) is 0. The van der Waals surface area contributed by atoms with Crippen molar-refractivity contribution in [2.45, 2.75) is 25.0 Å². The van der Waals surface area contributed by atoms with Crippen LogP contribution in [-0.4, -0.2) is 65.4 Å². The third-order valence-corrected chi connectivity index (χ3v) is 4.25. The molecule has 110 valence electrons. The van der Waals surface area contributed by atoms with Crippen molar-refractivity contribution in [2.24, 2.45) is 0 Å². The van der Waals surface area contributed by atoms with Crippen molar-refractivity contribution >= 4 is 23.8 Å². The lowest BCUT2D eigenvalue weighted by atomic mass is 10.1. The molecular weight excluding hydrogens is 268 g/mol. The zero-order valence-electron chi connectivity index (χ0n) is 11.5. The number of amides is 2. The van der Waals surface area contributed by atoms with Crippen LogP contribution in [0, 0.1) is 0 Å². The average Bonchev–Trinajstić information content (AvgIpc) is 2.49. The second-order valence-corrected chi connectivity index (χ2v) is 6.83. The second kappa shape index (κ2) is 7.59. The number of thioether (sulfide) groups is 1. The van der Waals surface area contributed by atoms with Gasteiger partial charge in [-0.25, -0.2) is 9.59 Å². The monoisotopic (exact) mass is 290 g/mol. The van der Waals surface area contributed by atoms with Crippen molar-refractivity contribution < 1.29 is 19.4 Å². The second-order valence-electron chi connectivity index (χ2n) is 5.02. The summed E-state index contributed by atoms with van der Waals surface area (Å²) in [6, 6.07) is -0.0998. The Balaban J connectivity index is 2.20. The zero-order chi connectivity index (χ0) is 14.3. The van der Waals surface area contributed by atoms with Crippen molar-refractivity contribution in [3.8, 4) is 0 Å². The van der Waals surface area contributed by atoms with E-state index in [1.54, 1.807) is 4.90 Å². The smallest absolute Gasteiger partial charge is 0.329 e. The van der Waals surface area contributed by atoms with E-state index in [2.05, 4.69) is 19.2 Å². The predicted molar refractivity (Wildman–Crippen MR) is 74.6 cm³/mol. The molecule has 0 aromatic rings. The maximum atomic E-state index is 11.9. The Morgan fingerprint density at radius 3 is 2.84 bits per heavy atom. The van der Waals surface area contributed by atoms with Crippen LogP contribution in [0.5, 0.6) is 0 Å². The van der Waals surface area contributed by atoms with E-state index < -0.39 is 5.97 Å². The maximum absolute atomic E-state index is 11.9. The molecule has 1 fully saturated rings. The van der Waals surface area contributed by atoms with Gasteiger partial charge in [0.1, 0.15) is 6.61 Å². The van der Waals surface area contributed by atoms with Crippen LogP contribution in [0.15, 0.2) is 0 Å². The van der Waals surface area contributed by atoms with Gasteiger partial charge in [0.25, 0.3) is 0 Å². The fourth-order valence-corrected chi connectivity index (χ4v) is 2.82. The molecular formula is C12H22N2O4S. The molecule has 0 atom stereocenters. The van der Waals surface area contributed by atoms with Gasteiger partial charge in [-0.05, 0) is 6.42 Å². The number of carboxylic acid groups (broad SMARTS) is 1. The number of nitrogens with one attached hydrogen (secondary N) is 1. The first-order valence-electron chi connectivity index (χ1n) is 6.37.